The highest BCUT2D eigenvalue weighted by molar-refractivity contribution is 5.33. The van der Waals surface area contributed by atoms with E-state index in [-0.39, 0.29) is 0 Å². The van der Waals surface area contributed by atoms with Crippen molar-refractivity contribution in [3.63, 3.8) is 0 Å². The molecule has 0 aliphatic heterocycles. The van der Waals surface area contributed by atoms with Crippen LogP contribution in [0.5, 0.6) is 0 Å². The maximum atomic E-state index is 9.91. The van der Waals surface area contributed by atoms with E-state index in [9.17, 15) is 5.11 Å². The lowest BCUT2D eigenvalue weighted by atomic mass is 10.1. The molecule has 1 heterocycles. The molecule has 1 N–H and O–H groups in total. The number of aromatic nitrogens is 2. The molecule has 4 heteroatoms. The highest BCUT2D eigenvalue weighted by atomic mass is 16.3. The molecule has 4 nitrogen and oxygen atoms in total. The van der Waals surface area contributed by atoms with E-state index in [0.717, 1.165) is 18.8 Å². The summed E-state index contributed by atoms with van der Waals surface area (Å²) in [6, 6.07) is 10.3. The summed E-state index contributed by atoms with van der Waals surface area (Å²) < 4.78 is 1.85. The molecule has 20 heavy (non-hydrogen) atoms. The zero-order chi connectivity index (χ0) is 14.6. The van der Waals surface area contributed by atoms with Crippen molar-refractivity contribution in [1.82, 2.24) is 14.7 Å². The number of nitrogens with zero attached hydrogens (tertiary/aromatic N) is 3. The molecule has 0 atom stereocenters. The fraction of sp³-hybridized carbons (Fsp3) is 0.438. The molecule has 0 amide bonds. The Hall–Kier alpha value is -1.65. The normalized spacial score (nSPS) is 12.1. The Balaban J connectivity index is 2.03. The Labute approximate surface area is 120 Å². The average Bonchev–Trinajstić information content (AvgIpc) is 2.91. The Bertz CT molecular complexity index is 512. The first-order valence-corrected chi connectivity index (χ1v) is 7.01. The van der Waals surface area contributed by atoms with E-state index in [1.807, 2.05) is 30.8 Å². The van der Waals surface area contributed by atoms with E-state index in [1.54, 1.807) is 6.20 Å². The summed E-state index contributed by atoms with van der Waals surface area (Å²) in [5, 5.41) is 14.1. The lowest BCUT2D eigenvalue weighted by Crippen LogP contribution is -2.38. The van der Waals surface area contributed by atoms with Crippen LogP contribution >= 0.6 is 0 Å². The predicted molar refractivity (Wildman–Crippen MR) is 80.8 cm³/mol. The van der Waals surface area contributed by atoms with Crippen molar-refractivity contribution in [1.29, 1.82) is 0 Å². The first-order valence-electron chi connectivity index (χ1n) is 7.01. The van der Waals surface area contributed by atoms with Crippen molar-refractivity contribution in [3.05, 3.63) is 48.3 Å². The predicted octanol–water partition coefficient (Wildman–Crippen LogP) is 2.47. The van der Waals surface area contributed by atoms with Gasteiger partial charge in [0.25, 0.3) is 0 Å². The van der Waals surface area contributed by atoms with Crippen LogP contribution in [0.4, 0.5) is 0 Å². The standard InChI is InChI=1S/C16H23N3O/c1-4-18(13-16(2,3)20)12-14-6-8-15(9-7-14)19-11-5-10-17-19/h5-11,20H,4,12-13H2,1-3H3. The second-order valence-corrected chi connectivity index (χ2v) is 5.73. The van der Waals surface area contributed by atoms with Gasteiger partial charge in [-0.05, 0) is 44.2 Å². The number of benzene rings is 1. The minimum atomic E-state index is -0.662. The fourth-order valence-electron chi connectivity index (χ4n) is 2.26. The second-order valence-electron chi connectivity index (χ2n) is 5.73. The van der Waals surface area contributed by atoms with E-state index < -0.39 is 5.60 Å². The van der Waals surface area contributed by atoms with Gasteiger partial charge < -0.3 is 5.11 Å². The molecule has 0 aliphatic rings. The third-order valence-corrected chi connectivity index (χ3v) is 3.17. The van der Waals surface area contributed by atoms with Gasteiger partial charge >= 0.3 is 0 Å². The van der Waals surface area contributed by atoms with E-state index in [4.69, 9.17) is 0 Å². The van der Waals surface area contributed by atoms with Crippen molar-refractivity contribution >= 4 is 0 Å². The van der Waals surface area contributed by atoms with Crippen molar-refractivity contribution in [2.45, 2.75) is 32.9 Å². The van der Waals surface area contributed by atoms with Gasteiger partial charge in [0.05, 0.1) is 11.3 Å². The number of aliphatic hydroxyl groups is 1. The Morgan fingerprint density at radius 3 is 2.45 bits per heavy atom. The molecule has 0 unspecified atom stereocenters. The first kappa shape index (κ1) is 14.8. The van der Waals surface area contributed by atoms with E-state index in [1.165, 1.54) is 5.56 Å². The van der Waals surface area contributed by atoms with Gasteiger partial charge in [-0.3, -0.25) is 4.90 Å². The molecule has 0 aliphatic carbocycles. The van der Waals surface area contributed by atoms with Gasteiger partial charge in [-0.1, -0.05) is 19.1 Å². The van der Waals surface area contributed by atoms with Crippen LogP contribution in [0.15, 0.2) is 42.7 Å². The van der Waals surface area contributed by atoms with Gasteiger partial charge in [-0.2, -0.15) is 5.10 Å². The third kappa shape index (κ3) is 4.18. The highest BCUT2D eigenvalue weighted by Crippen LogP contribution is 2.13. The molecule has 1 aromatic heterocycles. The van der Waals surface area contributed by atoms with Crippen molar-refractivity contribution in [2.75, 3.05) is 13.1 Å². The zero-order valence-corrected chi connectivity index (χ0v) is 12.5. The molecule has 0 radical (unpaired) electrons. The largest absolute Gasteiger partial charge is 0.389 e. The number of hydrogen-bond donors (Lipinski definition) is 1. The molecule has 0 bridgehead atoms. The lowest BCUT2D eigenvalue weighted by Gasteiger charge is -2.28. The van der Waals surface area contributed by atoms with Crippen molar-refractivity contribution in [3.8, 4) is 5.69 Å². The molecule has 2 aromatic rings. The number of likely N-dealkylation sites (N-methyl/N-ethyl adjacent to an activating group) is 1. The lowest BCUT2D eigenvalue weighted by molar-refractivity contribution is 0.0353. The summed E-state index contributed by atoms with van der Waals surface area (Å²) in [4.78, 5) is 2.24. The van der Waals surface area contributed by atoms with Crippen molar-refractivity contribution < 1.29 is 5.11 Å². The first-order chi connectivity index (χ1) is 9.48. The average molecular weight is 273 g/mol. The van der Waals surface area contributed by atoms with Gasteiger partial charge in [0.15, 0.2) is 0 Å². The summed E-state index contributed by atoms with van der Waals surface area (Å²) in [7, 11) is 0. The quantitative estimate of drug-likeness (QED) is 0.879. The van der Waals surface area contributed by atoms with Gasteiger partial charge in [0, 0.05) is 25.5 Å². The molecular formula is C16H23N3O. The smallest absolute Gasteiger partial charge is 0.0718 e. The molecule has 1 aromatic carbocycles. The van der Waals surface area contributed by atoms with E-state index >= 15 is 0 Å². The molecular weight excluding hydrogens is 250 g/mol. The molecule has 0 spiro atoms. The van der Waals surface area contributed by atoms with Crippen LogP contribution in [0, 0.1) is 0 Å². The third-order valence-electron chi connectivity index (χ3n) is 3.17. The number of rotatable bonds is 6. The van der Waals surface area contributed by atoms with Crippen LogP contribution in [0.25, 0.3) is 5.69 Å². The molecule has 0 saturated carbocycles. The monoisotopic (exact) mass is 273 g/mol. The summed E-state index contributed by atoms with van der Waals surface area (Å²) in [6.45, 7) is 8.24. The second kappa shape index (κ2) is 6.20. The Kier molecular flexibility index (Phi) is 4.57. The Morgan fingerprint density at radius 2 is 1.95 bits per heavy atom. The van der Waals surface area contributed by atoms with E-state index in [0.29, 0.717) is 6.54 Å². The van der Waals surface area contributed by atoms with Gasteiger partial charge in [-0.25, -0.2) is 4.68 Å². The molecule has 0 saturated heterocycles. The fourth-order valence-corrected chi connectivity index (χ4v) is 2.26. The minimum absolute atomic E-state index is 0.662. The maximum absolute atomic E-state index is 9.91. The summed E-state index contributed by atoms with van der Waals surface area (Å²) in [5.41, 5.74) is 1.64. The molecule has 0 fully saturated rings. The SMILES string of the molecule is CCN(Cc1ccc(-n2cccn2)cc1)CC(C)(C)O. The summed E-state index contributed by atoms with van der Waals surface area (Å²) >= 11 is 0. The summed E-state index contributed by atoms with van der Waals surface area (Å²) in [6.07, 6.45) is 3.71. The van der Waals surface area contributed by atoms with Gasteiger partial charge in [0.2, 0.25) is 0 Å². The molecule has 108 valence electrons. The zero-order valence-electron chi connectivity index (χ0n) is 12.5. The van der Waals surface area contributed by atoms with Crippen LogP contribution < -0.4 is 0 Å². The highest BCUT2D eigenvalue weighted by Gasteiger charge is 2.17. The van der Waals surface area contributed by atoms with Crippen LogP contribution in [0.1, 0.15) is 26.3 Å². The maximum Gasteiger partial charge on any atom is 0.0718 e. The Morgan fingerprint density at radius 1 is 1.25 bits per heavy atom. The topological polar surface area (TPSA) is 41.3 Å². The number of hydrogen-bond acceptors (Lipinski definition) is 3. The van der Waals surface area contributed by atoms with Crippen LogP contribution in [0.2, 0.25) is 0 Å². The summed E-state index contributed by atoms with van der Waals surface area (Å²) in [5.74, 6) is 0. The van der Waals surface area contributed by atoms with Crippen molar-refractivity contribution in [2.24, 2.45) is 0 Å². The van der Waals surface area contributed by atoms with Crippen LogP contribution in [-0.4, -0.2) is 38.5 Å². The van der Waals surface area contributed by atoms with Crippen LogP contribution in [0.3, 0.4) is 0 Å². The van der Waals surface area contributed by atoms with Gasteiger partial charge in [-0.15, -0.1) is 0 Å². The van der Waals surface area contributed by atoms with Crippen LogP contribution in [-0.2, 0) is 6.54 Å². The molecule has 2 rings (SSSR count). The van der Waals surface area contributed by atoms with Gasteiger partial charge in [0.1, 0.15) is 0 Å². The minimum Gasteiger partial charge on any atom is -0.389 e. The van der Waals surface area contributed by atoms with E-state index in [2.05, 4.69) is 41.2 Å².